The lowest BCUT2D eigenvalue weighted by Gasteiger charge is -2.14. The van der Waals surface area contributed by atoms with Gasteiger partial charge in [0.05, 0.1) is 25.2 Å². The van der Waals surface area contributed by atoms with Crippen molar-refractivity contribution in [2.24, 2.45) is 0 Å². The van der Waals surface area contributed by atoms with Gasteiger partial charge in [0.1, 0.15) is 12.4 Å². The third kappa shape index (κ3) is 5.98. The second kappa shape index (κ2) is 12.8. The van der Waals surface area contributed by atoms with Crippen molar-refractivity contribution < 1.29 is 23.4 Å². The van der Waals surface area contributed by atoms with Crippen LogP contribution in [0.3, 0.4) is 0 Å². The molecule has 0 atom stereocenters. The highest BCUT2D eigenvalue weighted by Crippen LogP contribution is 2.36. The number of nitrogens with one attached hydrogen (secondary N) is 2. The predicted octanol–water partition coefficient (Wildman–Crippen LogP) is 4.57. The van der Waals surface area contributed by atoms with Crippen LogP contribution >= 0.6 is 0 Å². The SMILES string of the molecule is COc1cccc(OC)c1OCCNCCCNC(=O)c1cccc2c(=O)c(C)c(-c3ccccc3)oc12. The number of rotatable bonds is 12. The summed E-state index contributed by atoms with van der Waals surface area (Å²) in [5.41, 5.74) is 1.79. The molecule has 1 amide bonds. The number of hydrogen-bond acceptors (Lipinski definition) is 7. The van der Waals surface area contributed by atoms with Crippen molar-refractivity contribution in [1.29, 1.82) is 0 Å². The van der Waals surface area contributed by atoms with Gasteiger partial charge in [0.25, 0.3) is 5.91 Å². The highest BCUT2D eigenvalue weighted by molar-refractivity contribution is 6.05. The molecule has 0 unspecified atom stereocenters. The number of amides is 1. The Bertz CT molecular complexity index is 1430. The summed E-state index contributed by atoms with van der Waals surface area (Å²) < 4.78 is 22.7. The van der Waals surface area contributed by atoms with Crippen LogP contribution in [0.15, 0.2) is 75.9 Å². The van der Waals surface area contributed by atoms with Gasteiger partial charge in [-0.05, 0) is 44.2 Å². The molecule has 0 radical (unpaired) electrons. The molecule has 2 N–H and O–H groups in total. The first-order valence-electron chi connectivity index (χ1n) is 12.5. The monoisotopic (exact) mass is 516 g/mol. The molecule has 3 aromatic carbocycles. The van der Waals surface area contributed by atoms with E-state index in [0.717, 1.165) is 5.56 Å². The Labute approximate surface area is 221 Å². The number of ether oxygens (including phenoxy) is 3. The lowest BCUT2D eigenvalue weighted by Crippen LogP contribution is -2.29. The van der Waals surface area contributed by atoms with Crippen LogP contribution in [0.25, 0.3) is 22.3 Å². The van der Waals surface area contributed by atoms with Gasteiger partial charge < -0.3 is 29.3 Å². The van der Waals surface area contributed by atoms with Crippen LogP contribution in [-0.2, 0) is 0 Å². The van der Waals surface area contributed by atoms with Gasteiger partial charge in [0.15, 0.2) is 22.5 Å². The molecule has 0 aliphatic heterocycles. The fourth-order valence-electron chi connectivity index (χ4n) is 4.17. The van der Waals surface area contributed by atoms with Crippen LogP contribution in [-0.4, -0.2) is 46.4 Å². The van der Waals surface area contributed by atoms with Gasteiger partial charge in [-0.25, -0.2) is 0 Å². The minimum atomic E-state index is -0.284. The molecule has 38 heavy (non-hydrogen) atoms. The van der Waals surface area contributed by atoms with Crippen LogP contribution in [0.1, 0.15) is 22.3 Å². The van der Waals surface area contributed by atoms with Crippen molar-refractivity contribution >= 4 is 16.9 Å². The van der Waals surface area contributed by atoms with E-state index in [1.54, 1.807) is 39.3 Å². The Morgan fingerprint density at radius 2 is 1.58 bits per heavy atom. The van der Waals surface area contributed by atoms with E-state index in [1.807, 2.05) is 48.5 Å². The molecule has 0 aliphatic rings. The molecule has 8 nitrogen and oxygen atoms in total. The summed E-state index contributed by atoms with van der Waals surface area (Å²) in [5, 5.41) is 6.61. The maximum atomic E-state index is 13.0. The molecule has 4 rings (SSSR count). The van der Waals surface area contributed by atoms with Crippen molar-refractivity contribution in [3.8, 4) is 28.6 Å². The van der Waals surface area contributed by atoms with Crippen LogP contribution < -0.4 is 30.3 Å². The van der Waals surface area contributed by atoms with E-state index < -0.39 is 0 Å². The quantitative estimate of drug-likeness (QED) is 0.266. The zero-order chi connectivity index (χ0) is 26.9. The maximum Gasteiger partial charge on any atom is 0.255 e. The van der Waals surface area contributed by atoms with E-state index in [-0.39, 0.29) is 11.3 Å². The first kappa shape index (κ1) is 26.8. The second-order valence-corrected chi connectivity index (χ2v) is 8.63. The third-order valence-corrected chi connectivity index (χ3v) is 6.15. The number of methoxy groups -OCH3 is 2. The number of fused-ring (bicyclic) bond motifs is 1. The van der Waals surface area contributed by atoms with Crippen molar-refractivity contribution in [3.63, 3.8) is 0 Å². The summed E-state index contributed by atoms with van der Waals surface area (Å²) >= 11 is 0. The average molecular weight is 517 g/mol. The number of benzene rings is 3. The van der Waals surface area contributed by atoms with E-state index in [0.29, 0.717) is 77.8 Å². The minimum absolute atomic E-state index is 0.142. The van der Waals surface area contributed by atoms with Crippen LogP contribution in [0.2, 0.25) is 0 Å². The molecule has 198 valence electrons. The van der Waals surface area contributed by atoms with E-state index in [4.69, 9.17) is 18.6 Å². The molecule has 0 fully saturated rings. The fourth-order valence-corrected chi connectivity index (χ4v) is 4.17. The van der Waals surface area contributed by atoms with Gasteiger partial charge in [-0.1, -0.05) is 42.5 Å². The highest BCUT2D eigenvalue weighted by Gasteiger charge is 2.18. The number of carbonyl (C=O) groups is 1. The van der Waals surface area contributed by atoms with Gasteiger partial charge in [-0.15, -0.1) is 0 Å². The molecule has 0 aliphatic carbocycles. The minimum Gasteiger partial charge on any atom is -0.493 e. The lowest BCUT2D eigenvalue weighted by atomic mass is 10.0. The number of hydrogen-bond donors (Lipinski definition) is 2. The van der Waals surface area contributed by atoms with E-state index in [9.17, 15) is 9.59 Å². The van der Waals surface area contributed by atoms with Gasteiger partial charge in [0.2, 0.25) is 5.75 Å². The highest BCUT2D eigenvalue weighted by atomic mass is 16.5. The molecule has 4 aromatic rings. The molecular formula is C30H32N2O6. The number of carbonyl (C=O) groups excluding carboxylic acids is 1. The Balaban J connectivity index is 1.31. The summed E-state index contributed by atoms with van der Waals surface area (Å²) in [7, 11) is 3.17. The predicted molar refractivity (Wildman–Crippen MR) is 148 cm³/mol. The Morgan fingerprint density at radius 1 is 0.868 bits per heavy atom. The lowest BCUT2D eigenvalue weighted by molar-refractivity contribution is 0.0954. The molecule has 1 aromatic heterocycles. The van der Waals surface area contributed by atoms with E-state index >= 15 is 0 Å². The number of para-hydroxylation sites is 2. The zero-order valence-corrected chi connectivity index (χ0v) is 21.8. The fraction of sp³-hybridized carbons (Fsp3) is 0.267. The van der Waals surface area contributed by atoms with E-state index in [2.05, 4.69) is 10.6 Å². The van der Waals surface area contributed by atoms with Crippen molar-refractivity contribution in [1.82, 2.24) is 10.6 Å². The zero-order valence-electron chi connectivity index (χ0n) is 21.8. The molecule has 0 saturated carbocycles. The molecular weight excluding hydrogens is 484 g/mol. The summed E-state index contributed by atoms with van der Waals surface area (Å²) in [6.07, 6.45) is 0.715. The van der Waals surface area contributed by atoms with Gasteiger partial charge in [0, 0.05) is 24.2 Å². The molecule has 0 bridgehead atoms. The Morgan fingerprint density at radius 3 is 2.29 bits per heavy atom. The summed E-state index contributed by atoms with van der Waals surface area (Å²) in [5.74, 6) is 1.98. The largest absolute Gasteiger partial charge is 0.493 e. The first-order chi connectivity index (χ1) is 18.5. The average Bonchev–Trinajstić information content (AvgIpc) is 2.96. The normalized spacial score (nSPS) is 10.8. The van der Waals surface area contributed by atoms with Crippen LogP contribution in [0, 0.1) is 6.92 Å². The maximum absolute atomic E-state index is 13.0. The summed E-state index contributed by atoms with van der Waals surface area (Å²) in [6.45, 7) is 3.94. The van der Waals surface area contributed by atoms with Crippen LogP contribution in [0.4, 0.5) is 0 Å². The van der Waals surface area contributed by atoms with Crippen molar-refractivity contribution in [3.05, 3.63) is 88.1 Å². The first-order valence-corrected chi connectivity index (χ1v) is 12.5. The molecule has 1 heterocycles. The standard InChI is InChI=1S/C30H32N2O6/c1-20-26(33)22-12-7-13-23(28(22)38-27(20)21-10-5-4-6-11-21)30(34)32-17-9-16-31-18-19-37-29-24(35-2)14-8-15-25(29)36-3/h4-8,10-15,31H,9,16-19H2,1-3H3,(H,32,34). The van der Waals surface area contributed by atoms with Crippen molar-refractivity contribution in [2.45, 2.75) is 13.3 Å². The second-order valence-electron chi connectivity index (χ2n) is 8.63. The molecule has 0 saturated heterocycles. The van der Waals surface area contributed by atoms with Gasteiger partial charge in [-0.3, -0.25) is 9.59 Å². The summed E-state index contributed by atoms with van der Waals surface area (Å²) in [6, 6.07) is 20.0. The van der Waals surface area contributed by atoms with Crippen LogP contribution in [0.5, 0.6) is 17.2 Å². The topological polar surface area (TPSA) is 99.0 Å². The van der Waals surface area contributed by atoms with E-state index in [1.165, 1.54) is 0 Å². The van der Waals surface area contributed by atoms with Gasteiger partial charge in [-0.2, -0.15) is 0 Å². The summed E-state index contributed by atoms with van der Waals surface area (Å²) in [4.78, 5) is 26.0. The van der Waals surface area contributed by atoms with Crippen molar-refractivity contribution in [2.75, 3.05) is 40.5 Å². The molecule has 8 heteroatoms. The third-order valence-electron chi connectivity index (χ3n) is 6.15. The Hall–Kier alpha value is -4.30. The smallest absolute Gasteiger partial charge is 0.255 e. The Kier molecular flexibility index (Phi) is 9.00. The molecule has 0 spiro atoms. The van der Waals surface area contributed by atoms with Gasteiger partial charge >= 0.3 is 0 Å².